The summed E-state index contributed by atoms with van der Waals surface area (Å²) in [5, 5.41) is 46.0. The Bertz CT molecular complexity index is 1260. The lowest BCUT2D eigenvalue weighted by Crippen LogP contribution is -2.81. The summed E-state index contributed by atoms with van der Waals surface area (Å²) in [6.07, 6.45) is -8.56. The van der Waals surface area contributed by atoms with Crippen LogP contribution in [-0.4, -0.2) is 80.7 Å². The normalized spacial score (nSPS) is 28.3. The third-order valence-electron chi connectivity index (χ3n) is 6.56. The fourth-order valence-corrected chi connectivity index (χ4v) is 4.56. The molecule has 6 atom stereocenters. The number of hydrogen-bond donors (Lipinski definition) is 4. The van der Waals surface area contributed by atoms with Gasteiger partial charge in [0, 0.05) is 23.8 Å². The molecule has 4 N–H and O–H groups in total. The van der Waals surface area contributed by atoms with Crippen molar-refractivity contribution < 1.29 is 44.3 Å². The molecule has 3 aromatic rings. The van der Waals surface area contributed by atoms with Crippen molar-refractivity contribution in [2.24, 2.45) is 0 Å². The number of ether oxygens (including phenoxy) is 2. The van der Waals surface area contributed by atoms with E-state index in [4.69, 9.17) is 9.47 Å². The Morgan fingerprint density at radius 1 is 0.757 bits per heavy atom. The summed E-state index contributed by atoms with van der Waals surface area (Å²) in [4.78, 5) is 40.4. The molecule has 0 amide bonds. The van der Waals surface area contributed by atoms with Crippen molar-refractivity contribution in [3.8, 4) is 0 Å². The largest absolute Gasteiger partial charge is 0.387 e. The Kier molecular flexibility index (Phi) is 7.47. The fourth-order valence-electron chi connectivity index (χ4n) is 4.56. The van der Waals surface area contributed by atoms with Gasteiger partial charge in [0.15, 0.2) is 17.7 Å². The van der Waals surface area contributed by atoms with Gasteiger partial charge >= 0.3 is 0 Å². The van der Waals surface area contributed by atoms with Gasteiger partial charge in [-0.05, 0) is 0 Å². The highest BCUT2D eigenvalue weighted by Gasteiger charge is 2.73. The first-order chi connectivity index (χ1) is 17.7. The molecule has 9 nitrogen and oxygen atoms in total. The lowest BCUT2D eigenvalue weighted by Gasteiger charge is -2.53. The van der Waals surface area contributed by atoms with E-state index in [9.17, 15) is 34.8 Å². The van der Waals surface area contributed by atoms with E-state index < -0.39 is 53.2 Å². The summed E-state index contributed by atoms with van der Waals surface area (Å²) in [6, 6.07) is 22.1. The second-order valence-corrected chi connectivity index (χ2v) is 8.71. The van der Waals surface area contributed by atoms with E-state index in [1.54, 1.807) is 30.3 Å². The van der Waals surface area contributed by atoms with Crippen molar-refractivity contribution in [3.05, 3.63) is 108 Å². The van der Waals surface area contributed by atoms with Crippen molar-refractivity contribution in [2.45, 2.75) is 35.8 Å². The second-order valence-electron chi connectivity index (χ2n) is 8.71. The zero-order chi connectivity index (χ0) is 26.8. The molecule has 1 aliphatic rings. The van der Waals surface area contributed by atoms with Gasteiger partial charge in [-0.3, -0.25) is 14.4 Å². The molecule has 1 aliphatic heterocycles. The number of carbonyl (C=O) groups excluding carboxylic acids is 3. The number of Topliss-reactive ketones (excluding diaryl/α,β-unsaturated/α-hetero) is 3. The highest BCUT2D eigenvalue weighted by molar-refractivity contribution is 6.13. The van der Waals surface area contributed by atoms with Crippen LogP contribution in [0.5, 0.6) is 0 Å². The van der Waals surface area contributed by atoms with Gasteiger partial charge in [0.2, 0.25) is 17.2 Å². The van der Waals surface area contributed by atoms with Gasteiger partial charge in [-0.15, -0.1) is 0 Å². The number of benzene rings is 3. The van der Waals surface area contributed by atoms with Crippen LogP contribution in [0.2, 0.25) is 0 Å². The van der Waals surface area contributed by atoms with Crippen LogP contribution in [0.15, 0.2) is 91.0 Å². The highest BCUT2D eigenvalue weighted by Crippen LogP contribution is 2.44. The van der Waals surface area contributed by atoms with E-state index >= 15 is 0 Å². The molecule has 1 saturated heterocycles. The number of aliphatic hydroxyl groups excluding tert-OH is 2. The first kappa shape index (κ1) is 26.5. The maximum Gasteiger partial charge on any atom is 0.217 e. The summed E-state index contributed by atoms with van der Waals surface area (Å²) in [7, 11) is 1.04. The lowest BCUT2D eigenvalue weighted by molar-refractivity contribution is -0.340. The SMILES string of the molecule is CO[C@H]1O[C@H](C(O)C(=O)c2ccccc2)[C@H](O)[C@@](O)(C(=O)c2ccccc2)[C@]1(O)C(=O)c1ccccc1. The van der Waals surface area contributed by atoms with E-state index in [0.29, 0.717) is 0 Å². The van der Waals surface area contributed by atoms with E-state index in [2.05, 4.69) is 0 Å². The zero-order valence-electron chi connectivity index (χ0n) is 19.8. The molecule has 37 heavy (non-hydrogen) atoms. The number of methoxy groups -OCH3 is 1. The van der Waals surface area contributed by atoms with Crippen molar-refractivity contribution in [1.82, 2.24) is 0 Å². The fraction of sp³-hybridized carbons (Fsp3) is 0.250. The van der Waals surface area contributed by atoms with E-state index in [-0.39, 0.29) is 16.7 Å². The third-order valence-corrected chi connectivity index (χ3v) is 6.56. The molecule has 0 saturated carbocycles. The van der Waals surface area contributed by atoms with Crippen LogP contribution >= 0.6 is 0 Å². The van der Waals surface area contributed by atoms with Gasteiger partial charge in [0.05, 0.1) is 0 Å². The Morgan fingerprint density at radius 3 is 1.59 bits per heavy atom. The minimum absolute atomic E-state index is 0.0684. The van der Waals surface area contributed by atoms with Crippen molar-refractivity contribution in [3.63, 3.8) is 0 Å². The van der Waals surface area contributed by atoms with Gasteiger partial charge in [-0.2, -0.15) is 0 Å². The van der Waals surface area contributed by atoms with Crippen molar-refractivity contribution in [1.29, 1.82) is 0 Å². The van der Waals surface area contributed by atoms with Crippen molar-refractivity contribution >= 4 is 17.3 Å². The average molecular weight is 507 g/mol. The van der Waals surface area contributed by atoms with E-state index in [1.165, 1.54) is 60.7 Å². The molecule has 1 unspecified atom stereocenters. The second kappa shape index (κ2) is 10.4. The summed E-state index contributed by atoms with van der Waals surface area (Å²) in [5.41, 5.74) is -6.67. The third kappa shape index (κ3) is 4.31. The molecule has 3 aromatic carbocycles. The summed E-state index contributed by atoms with van der Waals surface area (Å²) in [5.74, 6) is -3.29. The smallest absolute Gasteiger partial charge is 0.217 e. The summed E-state index contributed by atoms with van der Waals surface area (Å²) < 4.78 is 10.8. The molecule has 4 rings (SSSR count). The molecular weight excluding hydrogens is 480 g/mol. The van der Waals surface area contributed by atoms with Crippen LogP contribution in [0, 0.1) is 0 Å². The molecule has 1 heterocycles. The van der Waals surface area contributed by atoms with Gasteiger partial charge in [-0.1, -0.05) is 91.0 Å². The number of hydrogen-bond acceptors (Lipinski definition) is 9. The van der Waals surface area contributed by atoms with Crippen LogP contribution in [0.4, 0.5) is 0 Å². The molecule has 192 valence electrons. The van der Waals surface area contributed by atoms with Gasteiger partial charge in [-0.25, -0.2) is 0 Å². The van der Waals surface area contributed by atoms with Gasteiger partial charge < -0.3 is 29.9 Å². The Balaban J connectivity index is 1.86. The summed E-state index contributed by atoms with van der Waals surface area (Å²) >= 11 is 0. The Morgan fingerprint density at radius 2 is 1.16 bits per heavy atom. The molecule has 0 aromatic heterocycles. The Hall–Kier alpha value is -3.57. The maximum atomic E-state index is 13.8. The Labute approximate surface area is 212 Å². The quantitative estimate of drug-likeness (QED) is 0.330. The number of carbonyl (C=O) groups is 3. The molecule has 9 heteroatoms. The monoisotopic (exact) mass is 506 g/mol. The molecule has 0 aliphatic carbocycles. The molecule has 0 radical (unpaired) electrons. The number of ketones is 3. The van der Waals surface area contributed by atoms with Crippen molar-refractivity contribution in [2.75, 3.05) is 7.11 Å². The predicted octanol–water partition coefficient (Wildman–Crippen LogP) is 1.19. The minimum atomic E-state index is -3.30. The van der Waals surface area contributed by atoms with Crippen LogP contribution in [0.25, 0.3) is 0 Å². The standard InChI is InChI=1S/C28H26O9/c1-36-26-28(35,24(32)19-15-9-4-10-16-19)27(34,23(31)18-13-7-3-8-14-18)25(33)22(37-26)21(30)20(29)17-11-5-2-6-12-17/h2-16,21-22,25-26,30,33-35H,1H3/t21?,22-,25+,26+,27+,28+/m1/s1. The summed E-state index contributed by atoms with van der Waals surface area (Å²) in [6.45, 7) is 0. The first-order valence-corrected chi connectivity index (χ1v) is 11.5. The minimum Gasteiger partial charge on any atom is -0.387 e. The van der Waals surface area contributed by atoms with E-state index in [1.807, 2.05) is 0 Å². The average Bonchev–Trinajstić information content (AvgIpc) is 2.95. The molecule has 0 bridgehead atoms. The van der Waals surface area contributed by atoms with Gasteiger partial charge in [0.1, 0.15) is 18.3 Å². The molecule has 0 spiro atoms. The lowest BCUT2D eigenvalue weighted by atomic mass is 9.66. The van der Waals surface area contributed by atoms with Crippen LogP contribution in [0.3, 0.4) is 0 Å². The number of rotatable bonds is 8. The number of aliphatic hydroxyl groups is 4. The van der Waals surface area contributed by atoms with E-state index in [0.717, 1.165) is 7.11 Å². The topological polar surface area (TPSA) is 151 Å². The molecule has 1 fully saturated rings. The van der Waals surface area contributed by atoms with Crippen LogP contribution in [-0.2, 0) is 9.47 Å². The maximum absolute atomic E-state index is 13.8. The van der Waals surface area contributed by atoms with Crippen LogP contribution in [0.1, 0.15) is 31.1 Å². The van der Waals surface area contributed by atoms with Crippen LogP contribution < -0.4 is 0 Å². The predicted molar refractivity (Wildman–Crippen MR) is 130 cm³/mol. The first-order valence-electron chi connectivity index (χ1n) is 11.5. The molecular formula is C28H26O9. The zero-order valence-corrected chi connectivity index (χ0v) is 19.8. The van der Waals surface area contributed by atoms with Gasteiger partial charge in [0.25, 0.3) is 0 Å². The highest BCUT2D eigenvalue weighted by atomic mass is 16.7.